The summed E-state index contributed by atoms with van der Waals surface area (Å²) in [6.45, 7) is 0.226. The highest BCUT2D eigenvalue weighted by Crippen LogP contribution is 2.34. The summed E-state index contributed by atoms with van der Waals surface area (Å²) in [5, 5.41) is 11.1. The minimum atomic E-state index is -2.53. The summed E-state index contributed by atoms with van der Waals surface area (Å²) in [5.41, 5.74) is 3.12. The van der Waals surface area contributed by atoms with Crippen LogP contribution >= 0.6 is 11.6 Å². The van der Waals surface area contributed by atoms with Gasteiger partial charge in [0.1, 0.15) is 11.3 Å². The van der Waals surface area contributed by atoms with Crippen molar-refractivity contribution in [2.75, 3.05) is 6.61 Å². The molecule has 7 nitrogen and oxygen atoms in total. The molecule has 3 aromatic heterocycles. The molecule has 0 spiro atoms. The average molecular weight is 426 g/mol. The van der Waals surface area contributed by atoms with Crippen LogP contribution in [0.25, 0.3) is 21.9 Å². The number of pyridine rings is 1. The first-order chi connectivity index (χ1) is 15.3. The zero-order valence-corrected chi connectivity index (χ0v) is 17.2. The molecule has 0 saturated carbocycles. The first kappa shape index (κ1) is 17.1. The lowest BCUT2D eigenvalue weighted by atomic mass is 10.0. The molecular weight excluding hydrogens is 402 g/mol. The summed E-state index contributed by atoms with van der Waals surface area (Å²) in [6, 6.07) is 5.86. The van der Waals surface area contributed by atoms with Gasteiger partial charge in [-0.05, 0) is 38.0 Å². The van der Waals surface area contributed by atoms with Crippen molar-refractivity contribution in [2.24, 2.45) is 0 Å². The molecule has 1 fully saturated rings. The standard InChI is InChI=1S/C22H22ClN5O2/c1-13-6-17(4-5-30-13)28-21(8-15-9-25-16(12-29)10-24-15)27-20-11-26-19-3-2-14(23)7-18(19)22(20)28/h2-3,7,9-11,13,17,29H,4-6,8,12H2,1H3/t13-,17-/m1/s1/i12D2. The van der Waals surface area contributed by atoms with Crippen LogP contribution in [0.5, 0.6) is 0 Å². The molecule has 4 aromatic rings. The van der Waals surface area contributed by atoms with Gasteiger partial charge in [0, 0.05) is 35.7 Å². The van der Waals surface area contributed by atoms with Crippen LogP contribution in [0.3, 0.4) is 0 Å². The number of fused-ring (bicyclic) bond motifs is 3. The third-order valence-corrected chi connectivity index (χ3v) is 5.77. The van der Waals surface area contributed by atoms with E-state index in [1.807, 2.05) is 18.2 Å². The van der Waals surface area contributed by atoms with Gasteiger partial charge in [-0.15, -0.1) is 0 Å². The largest absolute Gasteiger partial charge is 0.390 e. The molecule has 1 N–H and O–H groups in total. The second-order valence-corrected chi connectivity index (χ2v) is 8.03. The Labute approximate surface area is 181 Å². The Hall–Kier alpha value is -2.61. The van der Waals surface area contributed by atoms with Gasteiger partial charge in [-0.2, -0.15) is 0 Å². The van der Waals surface area contributed by atoms with Gasteiger partial charge in [-0.1, -0.05) is 11.6 Å². The highest BCUT2D eigenvalue weighted by atomic mass is 35.5. The third-order valence-electron chi connectivity index (χ3n) is 5.53. The summed E-state index contributed by atoms with van der Waals surface area (Å²) in [6.07, 6.45) is 6.79. The van der Waals surface area contributed by atoms with Crippen molar-refractivity contribution >= 4 is 33.5 Å². The van der Waals surface area contributed by atoms with Crippen LogP contribution in [0, 0.1) is 0 Å². The number of ether oxygens (including phenoxy) is 1. The number of hydrogen-bond acceptors (Lipinski definition) is 6. The van der Waals surface area contributed by atoms with Gasteiger partial charge in [0.15, 0.2) is 0 Å². The van der Waals surface area contributed by atoms with E-state index >= 15 is 0 Å². The zero-order valence-electron chi connectivity index (χ0n) is 18.4. The summed E-state index contributed by atoms with van der Waals surface area (Å²) in [5.74, 6) is 0.822. The highest BCUT2D eigenvalue weighted by Gasteiger charge is 2.26. The van der Waals surface area contributed by atoms with E-state index in [1.54, 1.807) is 6.20 Å². The quantitative estimate of drug-likeness (QED) is 0.534. The fraction of sp³-hybridized carbons (Fsp3) is 0.364. The molecule has 30 heavy (non-hydrogen) atoms. The van der Waals surface area contributed by atoms with Gasteiger partial charge in [0.25, 0.3) is 0 Å². The Morgan fingerprint density at radius 2 is 2.03 bits per heavy atom. The molecule has 1 aliphatic rings. The molecule has 0 amide bonds. The van der Waals surface area contributed by atoms with Crippen molar-refractivity contribution in [1.29, 1.82) is 0 Å². The zero-order chi connectivity index (χ0) is 22.5. The first-order valence-corrected chi connectivity index (χ1v) is 10.3. The van der Waals surface area contributed by atoms with Crippen LogP contribution < -0.4 is 0 Å². The van der Waals surface area contributed by atoms with E-state index in [0.29, 0.717) is 23.7 Å². The minimum Gasteiger partial charge on any atom is -0.390 e. The Morgan fingerprint density at radius 3 is 2.80 bits per heavy atom. The summed E-state index contributed by atoms with van der Waals surface area (Å²) < 4.78 is 22.8. The third kappa shape index (κ3) is 3.53. The normalized spacial score (nSPS) is 21.0. The predicted molar refractivity (Wildman–Crippen MR) is 114 cm³/mol. The molecule has 5 rings (SSSR count). The molecule has 0 radical (unpaired) electrons. The second-order valence-electron chi connectivity index (χ2n) is 7.59. The molecule has 8 heteroatoms. The Bertz CT molecular complexity index is 1290. The van der Waals surface area contributed by atoms with Crippen LogP contribution in [-0.4, -0.2) is 42.3 Å². The summed E-state index contributed by atoms with van der Waals surface area (Å²) in [4.78, 5) is 17.8. The average Bonchev–Trinajstić information content (AvgIpc) is 3.12. The molecule has 4 heterocycles. The topological polar surface area (TPSA) is 86.0 Å². The smallest absolute Gasteiger partial charge is 0.116 e. The van der Waals surface area contributed by atoms with E-state index in [-0.39, 0.29) is 17.8 Å². The number of hydrogen-bond donors (Lipinski definition) is 1. The number of aromatic nitrogens is 5. The summed E-state index contributed by atoms with van der Waals surface area (Å²) in [7, 11) is 0. The molecular formula is C22H22ClN5O2. The molecule has 1 saturated heterocycles. The molecule has 1 aromatic carbocycles. The van der Waals surface area contributed by atoms with Gasteiger partial charge in [-0.25, -0.2) is 4.98 Å². The van der Waals surface area contributed by atoms with Gasteiger partial charge < -0.3 is 14.4 Å². The monoisotopic (exact) mass is 425 g/mol. The lowest BCUT2D eigenvalue weighted by Gasteiger charge is -2.30. The molecule has 0 bridgehead atoms. The van der Waals surface area contributed by atoms with E-state index in [1.165, 1.54) is 12.4 Å². The van der Waals surface area contributed by atoms with E-state index < -0.39 is 6.56 Å². The number of benzene rings is 1. The minimum absolute atomic E-state index is 0.127. The fourth-order valence-electron chi connectivity index (χ4n) is 4.19. The lowest BCUT2D eigenvalue weighted by molar-refractivity contribution is 0.00631. The summed E-state index contributed by atoms with van der Waals surface area (Å²) >= 11 is 6.32. The van der Waals surface area contributed by atoms with Gasteiger partial charge in [0.05, 0.1) is 50.2 Å². The first-order valence-electron chi connectivity index (χ1n) is 10.9. The van der Waals surface area contributed by atoms with Crippen LogP contribution in [0.2, 0.25) is 5.02 Å². The molecule has 0 unspecified atom stereocenters. The number of nitrogens with zero attached hydrogens (tertiary/aromatic N) is 5. The molecule has 154 valence electrons. The molecule has 2 atom stereocenters. The van der Waals surface area contributed by atoms with Crippen LogP contribution in [0.15, 0.2) is 36.8 Å². The van der Waals surface area contributed by atoms with Crippen molar-refractivity contribution in [3.05, 3.63) is 59.0 Å². The SMILES string of the molecule is [2H]C([2H])(O)c1cnc(Cc2nc3cnc4ccc(Cl)cc4c3n2[C@@H]2CCO[C@H](C)C2)cn1. The number of rotatable bonds is 4. The van der Waals surface area contributed by atoms with Crippen molar-refractivity contribution in [2.45, 2.75) is 44.9 Å². The second kappa shape index (κ2) is 7.91. The maximum absolute atomic E-state index is 9.51. The van der Waals surface area contributed by atoms with Gasteiger partial charge >= 0.3 is 0 Å². The maximum Gasteiger partial charge on any atom is 0.116 e. The molecule has 1 aliphatic heterocycles. The van der Waals surface area contributed by atoms with Crippen molar-refractivity contribution < 1.29 is 12.6 Å². The fourth-order valence-corrected chi connectivity index (χ4v) is 4.36. The lowest BCUT2D eigenvalue weighted by Crippen LogP contribution is -2.26. The molecule has 0 aliphatic carbocycles. The van der Waals surface area contributed by atoms with Crippen LogP contribution in [0.1, 0.15) is 45.8 Å². The Kier molecular flexibility index (Phi) is 4.51. The maximum atomic E-state index is 9.51. The Balaban J connectivity index is 1.65. The van der Waals surface area contributed by atoms with Crippen molar-refractivity contribution in [1.82, 2.24) is 24.5 Å². The van der Waals surface area contributed by atoms with Crippen LogP contribution in [0.4, 0.5) is 0 Å². The number of imidazole rings is 1. The number of aliphatic hydroxyl groups is 1. The number of halogens is 1. The van der Waals surface area contributed by atoms with Crippen molar-refractivity contribution in [3.8, 4) is 0 Å². The van der Waals surface area contributed by atoms with Gasteiger partial charge in [-0.3, -0.25) is 15.0 Å². The van der Waals surface area contributed by atoms with E-state index in [4.69, 9.17) is 24.1 Å². The Morgan fingerprint density at radius 1 is 1.20 bits per heavy atom. The van der Waals surface area contributed by atoms with E-state index in [0.717, 1.165) is 40.6 Å². The van der Waals surface area contributed by atoms with Crippen molar-refractivity contribution in [3.63, 3.8) is 0 Å². The highest BCUT2D eigenvalue weighted by molar-refractivity contribution is 6.31. The van der Waals surface area contributed by atoms with E-state index in [9.17, 15) is 5.11 Å². The van der Waals surface area contributed by atoms with E-state index in [2.05, 4.69) is 26.4 Å². The predicted octanol–water partition coefficient (Wildman–Crippen LogP) is 3.85. The van der Waals surface area contributed by atoms with Crippen LogP contribution in [-0.2, 0) is 17.7 Å². The van der Waals surface area contributed by atoms with Gasteiger partial charge in [0.2, 0.25) is 0 Å².